The lowest BCUT2D eigenvalue weighted by molar-refractivity contribution is 0.414. The van der Waals surface area contributed by atoms with Gasteiger partial charge in [0.25, 0.3) is 0 Å². The van der Waals surface area contributed by atoms with E-state index in [1.807, 2.05) is 30.1 Å². The van der Waals surface area contributed by atoms with Crippen LogP contribution in [-0.4, -0.2) is 23.4 Å². The first-order valence-electron chi connectivity index (χ1n) is 6.52. The van der Waals surface area contributed by atoms with Crippen LogP contribution in [0.5, 0.6) is 5.75 Å². The van der Waals surface area contributed by atoms with Crippen LogP contribution in [0.15, 0.2) is 30.5 Å². The van der Waals surface area contributed by atoms with Gasteiger partial charge in [-0.1, -0.05) is 12.1 Å². The Balaban J connectivity index is 0.00000200. The number of methoxy groups -OCH3 is 1. The van der Waals surface area contributed by atoms with Crippen molar-refractivity contribution in [3.8, 4) is 5.75 Å². The number of hydrogen-bond acceptors (Lipinski definition) is 3. The van der Waals surface area contributed by atoms with Crippen molar-refractivity contribution in [2.24, 2.45) is 7.05 Å². The lowest BCUT2D eigenvalue weighted by Crippen LogP contribution is -2.17. The Hall–Kier alpha value is -1.52. The lowest BCUT2D eigenvalue weighted by atomic mass is 10.1. The minimum Gasteiger partial charge on any atom is -0.497 e. The second kappa shape index (κ2) is 7.92. The highest BCUT2D eigenvalue weighted by molar-refractivity contribution is 5.85. The molecule has 0 radical (unpaired) electrons. The van der Waals surface area contributed by atoms with Gasteiger partial charge < -0.3 is 10.1 Å². The normalized spacial score (nSPS) is 10.2. The summed E-state index contributed by atoms with van der Waals surface area (Å²) in [6.07, 6.45) is 2.92. The molecule has 110 valence electrons. The van der Waals surface area contributed by atoms with E-state index < -0.39 is 0 Å². The van der Waals surface area contributed by atoms with E-state index in [9.17, 15) is 0 Å². The molecule has 0 fully saturated rings. The van der Waals surface area contributed by atoms with E-state index in [2.05, 4.69) is 29.5 Å². The van der Waals surface area contributed by atoms with Gasteiger partial charge >= 0.3 is 0 Å². The molecule has 0 aliphatic rings. The Morgan fingerprint density at radius 1 is 1.35 bits per heavy atom. The van der Waals surface area contributed by atoms with Crippen molar-refractivity contribution in [2.75, 3.05) is 13.7 Å². The maximum Gasteiger partial charge on any atom is 0.119 e. The Kier molecular flexibility index (Phi) is 6.55. The quantitative estimate of drug-likeness (QED) is 0.832. The van der Waals surface area contributed by atoms with E-state index in [4.69, 9.17) is 4.74 Å². The molecule has 4 nitrogen and oxygen atoms in total. The molecule has 1 heterocycles. The average Bonchev–Trinajstić information content (AvgIpc) is 2.75. The van der Waals surface area contributed by atoms with Crippen molar-refractivity contribution in [1.82, 2.24) is 15.1 Å². The van der Waals surface area contributed by atoms with Crippen molar-refractivity contribution < 1.29 is 4.74 Å². The van der Waals surface area contributed by atoms with Gasteiger partial charge in [-0.2, -0.15) is 5.10 Å². The number of nitrogens with zero attached hydrogens (tertiary/aromatic N) is 2. The maximum atomic E-state index is 5.22. The molecule has 1 N–H and O–H groups in total. The molecule has 0 atom stereocenters. The van der Waals surface area contributed by atoms with E-state index in [1.54, 1.807) is 7.11 Å². The van der Waals surface area contributed by atoms with Crippen LogP contribution in [0.1, 0.15) is 16.8 Å². The zero-order valence-electron chi connectivity index (χ0n) is 12.2. The summed E-state index contributed by atoms with van der Waals surface area (Å²) in [6, 6.07) is 8.20. The van der Waals surface area contributed by atoms with Crippen LogP contribution in [0.3, 0.4) is 0 Å². The van der Waals surface area contributed by atoms with Crippen LogP contribution in [-0.2, 0) is 20.0 Å². The SMILES string of the molecule is COc1cccc(CCNCc2cnn(C)c2C)c1.Cl. The smallest absolute Gasteiger partial charge is 0.119 e. The van der Waals surface area contributed by atoms with Crippen LogP contribution < -0.4 is 10.1 Å². The first-order valence-corrected chi connectivity index (χ1v) is 6.52. The molecular formula is C15H22ClN3O. The molecule has 0 amide bonds. The van der Waals surface area contributed by atoms with Crippen molar-refractivity contribution in [1.29, 1.82) is 0 Å². The standard InChI is InChI=1S/C15H21N3O.ClH/c1-12-14(11-17-18(12)2)10-16-8-7-13-5-4-6-15(9-13)19-3;/h4-6,9,11,16H,7-8,10H2,1-3H3;1H. The van der Waals surface area contributed by atoms with E-state index in [0.717, 1.165) is 25.3 Å². The van der Waals surface area contributed by atoms with Gasteiger partial charge in [0.1, 0.15) is 5.75 Å². The van der Waals surface area contributed by atoms with Gasteiger partial charge in [0, 0.05) is 24.8 Å². The Bertz CT molecular complexity index is 540. The minimum atomic E-state index is 0. The molecule has 2 aromatic rings. The van der Waals surface area contributed by atoms with Gasteiger partial charge in [0.05, 0.1) is 13.3 Å². The lowest BCUT2D eigenvalue weighted by Gasteiger charge is -2.06. The highest BCUT2D eigenvalue weighted by atomic mass is 35.5. The number of hydrogen-bond donors (Lipinski definition) is 1. The minimum absolute atomic E-state index is 0. The van der Waals surface area contributed by atoms with Crippen LogP contribution in [0, 0.1) is 6.92 Å². The second-order valence-electron chi connectivity index (χ2n) is 4.66. The summed E-state index contributed by atoms with van der Waals surface area (Å²) in [5.41, 5.74) is 3.76. The molecule has 1 aromatic heterocycles. The number of benzene rings is 1. The molecule has 0 aliphatic carbocycles. The summed E-state index contributed by atoms with van der Waals surface area (Å²) in [7, 11) is 3.66. The molecule has 0 spiro atoms. The molecule has 0 saturated heterocycles. The summed E-state index contributed by atoms with van der Waals surface area (Å²) >= 11 is 0. The number of nitrogens with one attached hydrogen (secondary N) is 1. The summed E-state index contributed by atoms with van der Waals surface area (Å²) in [5.74, 6) is 0.917. The molecule has 0 bridgehead atoms. The molecule has 5 heteroatoms. The van der Waals surface area contributed by atoms with Gasteiger partial charge in [0.2, 0.25) is 0 Å². The fourth-order valence-electron chi connectivity index (χ4n) is 2.00. The van der Waals surface area contributed by atoms with Gasteiger partial charge in [-0.25, -0.2) is 0 Å². The summed E-state index contributed by atoms with van der Waals surface area (Å²) in [4.78, 5) is 0. The summed E-state index contributed by atoms with van der Waals surface area (Å²) < 4.78 is 7.12. The fraction of sp³-hybridized carbons (Fsp3) is 0.400. The van der Waals surface area contributed by atoms with Crippen molar-refractivity contribution in [3.05, 3.63) is 47.3 Å². The predicted molar refractivity (Wildman–Crippen MR) is 83.6 cm³/mol. The first kappa shape index (κ1) is 16.5. The van der Waals surface area contributed by atoms with Gasteiger partial charge in [-0.3, -0.25) is 4.68 Å². The number of aryl methyl sites for hydroxylation is 1. The number of aromatic nitrogens is 2. The van der Waals surface area contributed by atoms with Crippen LogP contribution >= 0.6 is 12.4 Å². The third-order valence-electron chi connectivity index (χ3n) is 3.38. The zero-order valence-corrected chi connectivity index (χ0v) is 13.0. The molecule has 0 aliphatic heterocycles. The Morgan fingerprint density at radius 2 is 2.15 bits per heavy atom. The monoisotopic (exact) mass is 295 g/mol. The highest BCUT2D eigenvalue weighted by Gasteiger charge is 2.02. The zero-order chi connectivity index (χ0) is 13.7. The number of ether oxygens (including phenoxy) is 1. The van der Waals surface area contributed by atoms with E-state index >= 15 is 0 Å². The second-order valence-corrected chi connectivity index (χ2v) is 4.66. The van der Waals surface area contributed by atoms with Crippen molar-refractivity contribution in [3.63, 3.8) is 0 Å². The van der Waals surface area contributed by atoms with E-state index in [0.29, 0.717) is 0 Å². The first-order chi connectivity index (χ1) is 9.20. The molecule has 1 aromatic carbocycles. The van der Waals surface area contributed by atoms with Crippen LogP contribution in [0.2, 0.25) is 0 Å². The van der Waals surface area contributed by atoms with Gasteiger partial charge in [-0.15, -0.1) is 12.4 Å². The van der Waals surface area contributed by atoms with Crippen molar-refractivity contribution >= 4 is 12.4 Å². The maximum absolute atomic E-state index is 5.22. The number of rotatable bonds is 6. The molecular weight excluding hydrogens is 274 g/mol. The Labute approximate surface area is 126 Å². The largest absolute Gasteiger partial charge is 0.497 e. The molecule has 20 heavy (non-hydrogen) atoms. The fourth-order valence-corrected chi connectivity index (χ4v) is 2.00. The summed E-state index contributed by atoms with van der Waals surface area (Å²) in [6.45, 7) is 3.90. The molecule has 0 unspecified atom stereocenters. The molecule has 0 saturated carbocycles. The third kappa shape index (κ3) is 4.25. The van der Waals surface area contributed by atoms with Crippen LogP contribution in [0.25, 0.3) is 0 Å². The van der Waals surface area contributed by atoms with Gasteiger partial charge in [-0.05, 0) is 37.6 Å². The molecule has 2 rings (SSSR count). The van der Waals surface area contributed by atoms with E-state index in [1.165, 1.54) is 16.8 Å². The third-order valence-corrected chi connectivity index (χ3v) is 3.38. The topological polar surface area (TPSA) is 39.1 Å². The van der Waals surface area contributed by atoms with E-state index in [-0.39, 0.29) is 12.4 Å². The summed E-state index contributed by atoms with van der Waals surface area (Å²) in [5, 5.41) is 7.68. The highest BCUT2D eigenvalue weighted by Crippen LogP contribution is 2.12. The number of halogens is 1. The average molecular weight is 296 g/mol. The van der Waals surface area contributed by atoms with Crippen LogP contribution in [0.4, 0.5) is 0 Å². The van der Waals surface area contributed by atoms with Gasteiger partial charge in [0.15, 0.2) is 0 Å². The Morgan fingerprint density at radius 3 is 2.80 bits per heavy atom. The van der Waals surface area contributed by atoms with Crippen molar-refractivity contribution in [2.45, 2.75) is 19.9 Å². The predicted octanol–water partition coefficient (Wildman–Crippen LogP) is 2.49.